The van der Waals surface area contributed by atoms with Crippen molar-refractivity contribution in [3.8, 4) is 17.2 Å². The molecule has 2 amide bonds. The molecule has 0 saturated heterocycles. The lowest BCUT2D eigenvalue weighted by Gasteiger charge is -2.25. The summed E-state index contributed by atoms with van der Waals surface area (Å²) in [6, 6.07) is 17.8. The number of urea groups is 1. The second-order valence-corrected chi connectivity index (χ2v) is 14.6. The maximum absolute atomic E-state index is 13.4. The van der Waals surface area contributed by atoms with E-state index in [1.807, 2.05) is 36.4 Å². The number of carbonyl (C=O) groups is 1. The fourth-order valence-corrected chi connectivity index (χ4v) is 5.62. The highest BCUT2D eigenvalue weighted by atomic mass is 31.2. The highest BCUT2D eigenvalue weighted by Gasteiger charge is 2.26. The average Bonchev–Trinajstić information content (AvgIpc) is 2.96. The number of amides is 2. The summed E-state index contributed by atoms with van der Waals surface area (Å²) in [6.45, 7) is 9.55. The molecule has 0 aliphatic heterocycles. The van der Waals surface area contributed by atoms with Crippen LogP contribution in [0.25, 0.3) is 10.8 Å². The number of hydrogen-bond donors (Lipinski definition) is 5. The number of carbonyl (C=O) groups excluding carboxylic acids is 1. The Morgan fingerprint density at radius 1 is 0.977 bits per heavy atom. The van der Waals surface area contributed by atoms with Crippen LogP contribution in [0.2, 0.25) is 0 Å². The van der Waals surface area contributed by atoms with Crippen LogP contribution in [0.3, 0.4) is 0 Å². The molecule has 0 spiro atoms. The highest BCUT2D eigenvalue weighted by Crippen LogP contribution is 2.43. The van der Waals surface area contributed by atoms with Crippen LogP contribution >= 0.6 is 7.14 Å². The summed E-state index contributed by atoms with van der Waals surface area (Å²) in [4.78, 5) is 17.6. The molecule has 12 heteroatoms. The third-order valence-electron chi connectivity index (χ3n) is 6.64. The average molecular weight is 616 g/mol. The summed E-state index contributed by atoms with van der Waals surface area (Å²) in [6.07, 6.45) is 2.90. The van der Waals surface area contributed by atoms with Crippen LogP contribution in [-0.2, 0) is 9.98 Å². The SMILES string of the molecule is CN/N=C\C(=N)Nc1cc(Oc2ccc(NC(=O)Nc3cc(C(C)(C)C)cc(P(C)(C)=O)c3OC)c3ccccc23)ccn1. The number of ether oxygens (including phenoxy) is 2. The summed E-state index contributed by atoms with van der Waals surface area (Å²) in [5.41, 5.74) is 4.28. The molecule has 0 saturated carbocycles. The number of nitrogens with zero attached hydrogens (tertiary/aromatic N) is 2. The molecule has 0 fully saturated rings. The Morgan fingerprint density at radius 2 is 1.68 bits per heavy atom. The molecule has 4 rings (SSSR count). The third-order valence-corrected chi connectivity index (χ3v) is 8.14. The van der Waals surface area contributed by atoms with Gasteiger partial charge >= 0.3 is 6.03 Å². The molecule has 0 atom stereocenters. The van der Waals surface area contributed by atoms with Crippen molar-refractivity contribution in [3.05, 3.63) is 72.4 Å². The Bertz CT molecular complexity index is 1780. The van der Waals surface area contributed by atoms with Crippen molar-refractivity contribution in [1.82, 2.24) is 10.4 Å². The summed E-state index contributed by atoms with van der Waals surface area (Å²) in [5.74, 6) is 1.94. The number of nitrogens with one attached hydrogen (secondary N) is 5. The predicted octanol–water partition coefficient (Wildman–Crippen LogP) is 6.82. The topological polar surface area (TPSA) is 150 Å². The lowest BCUT2D eigenvalue weighted by molar-refractivity contribution is 0.262. The van der Waals surface area contributed by atoms with E-state index >= 15 is 0 Å². The van der Waals surface area contributed by atoms with E-state index in [9.17, 15) is 9.36 Å². The Kier molecular flexibility index (Phi) is 9.59. The van der Waals surface area contributed by atoms with Gasteiger partial charge in [0, 0.05) is 30.1 Å². The van der Waals surface area contributed by atoms with Crippen LogP contribution in [-0.4, -0.2) is 50.6 Å². The smallest absolute Gasteiger partial charge is 0.323 e. The van der Waals surface area contributed by atoms with Crippen molar-refractivity contribution >= 4 is 58.5 Å². The van der Waals surface area contributed by atoms with Gasteiger partial charge in [-0.3, -0.25) is 5.41 Å². The van der Waals surface area contributed by atoms with Gasteiger partial charge in [-0.1, -0.05) is 45.0 Å². The molecule has 0 bridgehead atoms. The van der Waals surface area contributed by atoms with E-state index in [4.69, 9.17) is 14.9 Å². The molecule has 11 nitrogen and oxygen atoms in total. The Balaban J connectivity index is 1.61. The number of methoxy groups -OCH3 is 1. The number of hydrogen-bond acceptors (Lipinski definition) is 8. The van der Waals surface area contributed by atoms with E-state index in [0.29, 0.717) is 39.7 Å². The maximum atomic E-state index is 13.4. The minimum atomic E-state index is -2.73. The van der Waals surface area contributed by atoms with Crippen molar-refractivity contribution in [2.24, 2.45) is 5.10 Å². The molecule has 0 unspecified atom stereocenters. The van der Waals surface area contributed by atoms with E-state index in [1.165, 1.54) is 13.3 Å². The largest absolute Gasteiger partial charge is 0.494 e. The van der Waals surface area contributed by atoms with Gasteiger partial charge in [0.15, 0.2) is 5.75 Å². The number of benzene rings is 3. The minimum absolute atomic E-state index is 0.0560. The summed E-state index contributed by atoms with van der Waals surface area (Å²) < 4.78 is 25.0. The lowest BCUT2D eigenvalue weighted by Crippen LogP contribution is -2.23. The second kappa shape index (κ2) is 13.2. The summed E-state index contributed by atoms with van der Waals surface area (Å²) in [5, 5.41) is 22.6. The van der Waals surface area contributed by atoms with E-state index in [1.54, 1.807) is 50.8 Å². The first-order chi connectivity index (χ1) is 20.8. The van der Waals surface area contributed by atoms with Gasteiger partial charge in [0.1, 0.15) is 30.3 Å². The molecule has 4 aromatic rings. The van der Waals surface area contributed by atoms with Gasteiger partial charge in [0.25, 0.3) is 0 Å². The Labute approximate surface area is 257 Å². The molecule has 44 heavy (non-hydrogen) atoms. The molecule has 3 aromatic carbocycles. The molecular weight excluding hydrogens is 577 g/mol. The van der Waals surface area contributed by atoms with E-state index in [-0.39, 0.29) is 11.3 Å². The summed E-state index contributed by atoms with van der Waals surface area (Å²) >= 11 is 0. The number of amidine groups is 1. The van der Waals surface area contributed by atoms with Crippen LogP contribution in [0, 0.1) is 5.41 Å². The van der Waals surface area contributed by atoms with Gasteiger partial charge in [-0.05, 0) is 54.6 Å². The molecule has 1 heterocycles. The molecule has 5 N–H and O–H groups in total. The van der Waals surface area contributed by atoms with Gasteiger partial charge in [-0.25, -0.2) is 9.78 Å². The fourth-order valence-electron chi connectivity index (χ4n) is 4.47. The van der Waals surface area contributed by atoms with Gasteiger partial charge in [-0.15, -0.1) is 0 Å². The lowest BCUT2D eigenvalue weighted by atomic mass is 9.86. The van der Waals surface area contributed by atoms with Gasteiger partial charge in [0.2, 0.25) is 0 Å². The van der Waals surface area contributed by atoms with Crippen LogP contribution in [0.1, 0.15) is 26.3 Å². The highest BCUT2D eigenvalue weighted by molar-refractivity contribution is 7.70. The van der Waals surface area contributed by atoms with Crippen molar-refractivity contribution in [3.63, 3.8) is 0 Å². The zero-order valence-electron chi connectivity index (χ0n) is 25.9. The first-order valence-corrected chi connectivity index (χ1v) is 16.5. The van der Waals surface area contributed by atoms with Crippen LogP contribution in [0.5, 0.6) is 17.2 Å². The number of rotatable bonds is 9. The van der Waals surface area contributed by atoms with Crippen molar-refractivity contribution < 1.29 is 18.8 Å². The van der Waals surface area contributed by atoms with E-state index in [2.05, 4.69) is 52.2 Å². The molecule has 0 radical (unpaired) electrons. The van der Waals surface area contributed by atoms with Crippen LogP contribution < -0.4 is 36.2 Å². The number of aromatic nitrogens is 1. The van der Waals surface area contributed by atoms with Crippen molar-refractivity contribution in [2.75, 3.05) is 43.4 Å². The first kappa shape index (κ1) is 32.0. The Hall–Kier alpha value is -4.89. The number of anilines is 3. The number of hydrazone groups is 1. The van der Waals surface area contributed by atoms with Gasteiger partial charge in [0.05, 0.1) is 30.0 Å². The first-order valence-electron chi connectivity index (χ1n) is 13.9. The fraction of sp³-hybridized carbons (Fsp3) is 0.250. The van der Waals surface area contributed by atoms with E-state index < -0.39 is 13.2 Å². The van der Waals surface area contributed by atoms with Crippen molar-refractivity contribution in [1.29, 1.82) is 5.41 Å². The number of pyridine rings is 1. The van der Waals surface area contributed by atoms with Gasteiger partial charge < -0.3 is 35.4 Å². The quantitative estimate of drug-likeness (QED) is 0.0600. The predicted molar refractivity (Wildman–Crippen MR) is 181 cm³/mol. The van der Waals surface area contributed by atoms with Crippen molar-refractivity contribution in [2.45, 2.75) is 26.2 Å². The zero-order chi connectivity index (χ0) is 32.1. The minimum Gasteiger partial charge on any atom is -0.494 e. The maximum Gasteiger partial charge on any atom is 0.323 e. The second-order valence-electron chi connectivity index (χ2n) is 11.4. The molecule has 0 aliphatic carbocycles. The molecule has 0 aliphatic rings. The normalized spacial score (nSPS) is 11.7. The van der Waals surface area contributed by atoms with Crippen LogP contribution in [0.4, 0.5) is 22.0 Å². The Morgan fingerprint density at radius 3 is 2.34 bits per heavy atom. The van der Waals surface area contributed by atoms with Crippen LogP contribution in [0.15, 0.2) is 72.0 Å². The monoisotopic (exact) mass is 615 g/mol. The molecular formula is C32H38N7O4P. The van der Waals surface area contributed by atoms with E-state index in [0.717, 1.165) is 16.3 Å². The molecule has 1 aromatic heterocycles. The summed E-state index contributed by atoms with van der Waals surface area (Å²) in [7, 11) is 0.423. The standard InChI is InChI=1S/C32H38N7O4P/c1-32(2,3)20-16-25(30(42-5)27(17-20)44(6,7)41)38-31(40)37-24-12-13-26(23-11-9-8-10-22(23)24)43-21-14-15-35-29(18-21)39-28(33)19-36-34-4/h8-19,34H,1-7H3,(H2,33,35,39)(H2,37,38,40)/b36-19-. The zero-order valence-corrected chi connectivity index (χ0v) is 26.8. The molecule has 230 valence electrons. The third kappa shape index (κ3) is 7.73. The van der Waals surface area contributed by atoms with Gasteiger partial charge in [-0.2, -0.15) is 5.10 Å². The number of fused-ring (bicyclic) bond motifs is 1.